The van der Waals surface area contributed by atoms with Gasteiger partial charge in [-0.25, -0.2) is 0 Å². The van der Waals surface area contributed by atoms with E-state index in [1.807, 2.05) is 38.1 Å². The maximum absolute atomic E-state index is 5.27. The van der Waals surface area contributed by atoms with Crippen LogP contribution in [0.25, 0.3) is 5.57 Å². The van der Waals surface area contributed by atoms with Crippen molar-refractivity contribution in [3.05, 3.63) is 35.6 Å². The standard InChI is InChI=1S/C12H16O2/c1-9(10(2)13-3)11-7-5-6-8-12(11)14-4/h5-8H,1-4H3. The Labute approximate surface area is 85.2 Å². The zero-order valence-corrected chi connectivity index (χ0v) is 9.13. The first-order chi connectivity index (χ1) is 6.70. The van der Waals surface area contributed by atoms with Gasteiger partial charge in [-0.05, 0) is 25.5 Å². The van der Waals surface area contributed by atoms with Gasteiger partial charge in [0.2, 0.25) is 0 Å². The van der Waals surface area contributed by atoms with Crippen molar-refractivity contribution < 1.29 is 9.47 Å². The minimum Gasteiger partial charge on any atom is -0.501 e. The summed E-state index contributed by atoms with van der Waals surface area (Å²) in [6.45, 7) is 3.97. The number of allylic oxidation sites excluding steroid dienone is 2. The lowest BCUT2D eigenvalue weighted by Gasteiger charge is -2.10. The van der Waals surface area contributed by atoms with E-state index in [0.717, 1.165) is 22.6 Å². The Morgan fingerprint density at radius 1 is 1.07 bits per heavy atom. The molecule has 1 aromatic carbocycles. The first kappa shape index (κ1) is 10.6. The molecule has 0 atom stereocenters. The third-order valence-corrected chi connectivity index (χ3v) is 2.35. The van der Waals surface area contributed by atoms with Crippen LogP contribution in [0.15, 0.2) is 30.0 Å². The maximum atomic E-state index is 5.27. The molecule has 0 aliphatic carbocycles. The zero-order valence-electron chi connectivity index (χ0n) is 9.13. The van der Waals surface area contributed by atoms with E-state index < -0.39 is 0 Å². The van der Waals surface area contributed by atoms with E-state index in [0.29, 0.717) is 0 Å². The molecule has 2 heteroatoms. The molecule has 1 aromatic rings. The molecule has 0 aliphatic rings. The average molecular weight is 192 g/mol. The summed E-state index contributed by atoms with van der Waals surface area (Å²) in [4.78, 5) is 0. The molecular weight excluding hydrogens is 176 g/mol. The van der Waals surface area contributed by atoms with Crippen molar-refractivity contribution in [1.29, 1.82) is 0 Å². The SMILES string of the molecule is COC(C)=C(C)c1ccccc1OC. The number of rotatable bonds is 3. The predicted molar refractivity (Wildman–Crippen MR) is 58.3 cm³/mol. The van der Waals surface area contributed by atoms with E-state index in [4.69, 9.17) is 9.47 Å². The number of hydrogen-bond acceptors (Lipinski definition) is 2. The van der Waals surface area contributed by atoms with E-state index in [-0.39, 0.29) is 0 Å². The Hall–Kier alpha value is -1.44. The van der Waals surface area contributed by atoms with E-state index >= 15 is 0 Å². The van der Waals surface area contributed by atoms with Gasteiger partial charge in [-0.15, -0.1) is 0 Å². The predicted octanol–water partition coefficient (Wildman–Crippen LogP) is 3.09. The number of ether oxygens (including phenoxy) is 2. The molecule has 0 N–H and O–H groups in total. The second-order valence-electron chi connectivity index (χ2n) is 3.09. The minimum absolute atomic E-state index is 0.876. The molecule has 0 heterocycles. The molecule has 76 valence electrons. The Morgan fingerprint density at radius 3 is 2.29 bits per heavy atom. The fourth-order valence-corrected chi connectivity index (χ4v) is 1.30. The summed E-state index contributed by atoms with van der Waals surface area (Å²) in [5.41, 5.74) is 2.18. The molecule has 2 nitrogen and oxygen atoms in total. The lowest BCUT2D eigenvalue weighted by Crippen LogP contribution is -1.92. The molecular formula is C12H16O2. The van der Waals surface area contributed by atoms with Crippen LogP contribution in [0.3, 0.4) is 0 Å². The fraction of sp³-hybridized carbons (Fsp3) is 0.333. The lowest BCUT2D eigenvalue weighted by molar-refractivity contribution is 0.295. The molecule has 0 spiro atoms. The summed E-state index contributed by atoms with van der Waals surface area (Å²) >= 11 is 0. The van der Waals surface area contributed by atoms with Crippen LogP contribution in [-0.2, 0) is 4.74 Å². The highest BCUT2D eigenvalue weighted by Gasteiger charge is 2.06. The zero-order chi connectivity index (χ0) is 10.6. The molecule has 0 saturated carbocycles. The fourth-order valence-electron chi connectivity index (χ4n) is 1.30. The Morgan fingerprint density at radius 2 is 1.71 bits per heavy atom. The number of methoxy groups -OCH3 is 2. The Bertz CT molecular complexity index is 340. The van der Waals surface area contributed by atoms with Crippen LogP contribution < -0.4 is 4.74 Å². The van der Waals surface area contributed by atoms with Crippen LogP contribution in [0.2, 0.25) is 0 Å². The van der Waals surface area contributed by atoms with Gasteiger partial charge in [0, 0.05) is 5.56 Å². The summed E-state index contributed by atoms with van der Waals surface area (Å²) in [7, 11) is 3.35. The van der Waals surface area contributed by atoms with Crippen molar-refractivity contribution in [3.8, 4) is 5.75 Å². The van der Waals surface area contributed by atoms with Crippen molar-refractivity contribution in [2.75, 3.05) is 14.2 Å². The van der Waals surface area contributed by atoms with E-state index in [1.165, 1.54) is 0 Å². The monoisotopic (exact) mass is 192 g/mol. The molecule has 0 radical (unpaired) electrons. The second-order valence-corrected chi connectivity index (χ2v) is 3.09. The summed E-state index contributed by atoms with van der Waals surface area (Å²) in [5.74, 6) is 1.79. The normalized spacial score (nSPS) is 12.0. The smallest absolute Gasteiger partial charge is 0.126 e. The molecule has 0 aromatic heterocycles. The average Bonchev–Trinajstić information content (AvgIpc) is 2.26. The van der Waals surface area contributed by atoms with Crippen LogP contribution >= 0.6 is 0 Å². The van der Waals surface area contributed by atoms with Gasteiger partial charge in [0.05, 0.1) is 20.0 Å². The molecule has 14 heavy (non-hydrogen) atoms. The minimum atomic E-state index is 0.876. The molecule has 0 amide bonds. The van der Waals surface area contributed by atoms with Crippen LogP contribution in [0.4, 0.5) is 0 Å². The van der Waals surface area contributed by atoms with Gasteiger partial charge in [-0.3, -0.25) is 0 Å². The van der Waals surface area contributed by atoms with Crippen LogP contribution in [0.1, 0.15) is 19.4 Å². The number of hydrogen-bond donors (Lipinski definition) is 0. The van der Waals surface area contributed by atoms with Gasteiger partial charge in [0.25, 0.3) is 0 Å². The molecule has 0 saturated heterocycles. The summed E-state index contributed by atoms with van der Waals surface area (Å²) in [6, 6.07) is 7.92. The van der Waals surface area contributed by atoms with Crippen molar-refractivity contribution in [2.24, 2.45) is 0 Å². The van der Waals surface area contributed by atoms with Crippen LogP contribution in [0, 0.1) is 0 Å². The molecule has 0 bridgehead atoms. The number of para-hydroxylation sites is 1. The van der Waals surface area contributed by atoms with E-state index in [9.17, 15) is 0 Å². The van der Waals surface area contributed by atoms with Gasteiger partial charge in [0.1, 0.15) is 5.75 Å². The highest BCUT2D eigenvalue weighted by atomic mass is 16.5. The molecule has 0 aliphatic heterocycles. The van der Waals surface area contributed by atoms with Crippen LogP contribution in [0.5, 0.6) is 5.75 Å². The van der Waals surface area contributed by atoms with Gasteiger partial charge < -0.3 is 9.47 Å². The van der Waals surface area contributed by atoms with Crippen molar-refractivity contribution >= 4 is 5.57 Å². The maximum Gasteiger partial charge on any atom is 0.126 e. The van der Waals surface area contributed by atoms with Gasteiger partial charge in [-0.1, -0.05) is 18.2 Å². The summed E-state index contributed by atoms with van der Waals surface area (Å²) in [5, 5.41) is 0. The van der Waals surface area contributed by atoms with Gasteiger partial charge >= 0.3 is 0 Å². The third-order valence-electron chi connectivity index (χ3n) is 2.35. The Kier molecular flexibility index (Phi) is 3.57. The lowest BCUT2D eigenvalue weighted by atomic mass is 10.1. The summed E-state index contributed by atoms with van der Waals surface area (Å²) in [6.07, 6.45) is 0. The topological polar surface area (TPSA) is 18.5 Å². The van der Waals surface area contributed by atoms with Gasteiger partial charge in [-0.2, -0.15) is 0 Å². The molecule has 1 rings (SSSR count). The molecule has 0 fully saturated rings. The van der Waals surface area contributed by atoms with E-state index in [2.05, 4.69) is 0 Å². The first-order valence-corrected chi connectivity index (χ1v) is 4.55. The third kappa shape index (κ3) is 2.08. The van der Waals surface area contributed by atoms with Crippen molar-refractivity contribution in [1.82, 2.24) is 0 Å². The van der Waals surface area contributed by atoms with Crippen molar-refractivity contribution in [3.63, 3.8) is 0 Å². The van der Waals surface area contributed by atoms with E-state index in [1.54, 1.807) is 14.2 Å². The van der Waals surface area contributed by atoms with Gasteiger partial charge in [0.15, 0.2) is 0 Å². The van der Waals surface area contributed by atoms with Crippen LogP contribution in [-0.4, -0.2) is 14.2 Å². The molecule has 0 unspecified atom stereocenters. The Balaban J connectivity index is 3.18. The number of benzene rings is 1. The summed E-state index contributed by atoms with van der Waals surface area (Å²) < 4.78 is 10.5. The first-order valence-electron chi connectivity index (χ1n) is 4.55. The largest absolute Gasteiger partial charge is 0.501 e. The van der Waals surface area contributed by atoms with Crippen molar-refractivity contribution in [2.45, 2.75) is 13.8 Å². The highest BCUT2D eigenvalue weighted by Crippen LogP contribution is 2.27. The second kappa shape index (κ2) is 4.70. The highest BCUT2D eigenvalue weighted by molar-refractivity contribution is 5.70. The quantitative estimate of drug-likeness (QED) is 0.685.